The van der Waals surface area contributed by atoms with E-state index in [4.69, 9.17) is 0 Å². The van der Waals surface area contributed by atoms with Crippen molar-refractivity contribution in [1.82, 2.24) is 15.3 Å². The van der Waals surface area contributed by atoms with Crippen LogP contribution < -0.4 is 5.32 Å². The quantitative estimate of drug-likeness (QED) is 0.862. The Kier molecular flexibility index (Phi) is 3.38. The van der Waals surface area contributed by atoms with Crippen molar-refractivity contribution in [2.75, 3.05) is 6.54 Å². The van der Waals surface area contributed by atoms with Crippen LogP contribution in [0.15, 0.2) is 24.4 Å². The highest BCUT2D eigenvalue weighted by Gasteiger charge is 2.18. The second kappa shape index (κ2) is 5.17. The number of hydrogen-bond acceptors (Lipinski definition) is 2. The van der Waals surface area contributed by atoms with Crippen LogP contribution in [0.5, 0.6) is 0 Å². The summed E-state index contributed by atoms with van der Waals surface area (Å²) in [5.74, 6) is 1.08. The Morgan fingerprint density at radius 2 is 2.11 bits per heavy atom. The van der Waals surface area contributed by atoms with Gasteiger partial charge in [0.05, 0.1) is 17.9 Å². The van der Waals surface area contributed by atoms with Gasteiger partial charge in [-0.15, -0.1) is 0 Å². The molecule has 3 heteroatoms. The highest BCUT2D eigenvalue weighted by atomic mass is 15.0. The van der Waals surface area contributed by atoms with Gasteiger partial charge in [0.2, 0.25) is 0 Å². The summed E-state index contributed by atoms with van der Waals surface area (Å²) < 4.78 is 0. The van der Waals surface area contributed by atoms with Crippen LogP contribution in [0.25, 0.3) is 11.3 Å². The summed E-state index contributed by atoms with van der Waals surface area (Å²) in [6, 6.07) is 6.94. The van der Waals surface area contributed by atoms with Gasteiger partial charge in [0, 0.05) is 5.56 Å². The molecule has 2 N–H and O–H groups in total. The van der Waals surface area contributed by atoms with Crippen molar-refractivity contribution in [2.24, 2.45) is 0 Å². The minimum absolute atomic E-state index is 0.396. The lowest BCUT2D eigenvalue weighted by molar-refractivity contribution is 0.399. The van der Waals surface area contributed by atoms with Gasteiger partial charge in [0.1, 0.15) is 5.82 Å². The predicted octanol–water partition coefficient (Wildman–Crippen LogP) is 3.51. The Hall–Kier alpha value is -1.61. The van der Waals surface area contributed by atoms with E-state index >= 15 is 0 Å². The van der Waals surface area contributed by atoms with Crippen LogP contribution in [-0.2, 0) is 0 Å². The third-order valence-corrected chi connectivity index (χ3v) is 3.92. The minimum Gasteiger partial charge on any atom is -0.341 e. The lowest BCUT2D eigenvalue weighted by Crippen LogP contribution is -2.27. The van der Waals surface area contributed by atoms with E-state index in [-0.39, 0.29) is 0 Å². The van der Waals surface area contributed by atoms with Gasteiger partial charge in [-0.25, -0.2) is 4.98 Å². The Morgan fingerprint density at radius 1 is 1.21 bits per heavy atom. The monoisotopic (exact) mass is 255 g/mol. The first-order valence-corrected chi connectivity index (χ1v) is 7.10. The van der Waals surface area contributed by atoms with Crippen LogP contribution in [0.1, 0.15) is 42.3 Å². The van der Waals surface area contributed by atoms with Gasteiger partial charge >= 0.3 is 0 Å². The van der Waals surface area contributed by atoms with Crippen LogP contribution in [0.3, 0.4) is 0 Å². The molecule has 1 atom stereocenters. The van der Waals surface area contributed by atoms with E-state index in [1.54, 1.807) is 0 Å². The average molecular weight is 255 g/mol. The van der Waals surface area contributed by atoms with Gasteiger partial charge in [0.15, 0.2) is 0 Å². The largest absolute Gasteiger partial charge is 0.341 e. The summed E-state index contributed by atoms with van der Waals surface area (Å²) >= 11 is 0. The Morgan fingerprint density at radius 3 is 2.89 bits per heavy atom. The van der Waals surface area contributed by atoms with Gasteiger partial charge in [-0.1, -0.05) is 24.1 Å². The molecule has 0 radical (unpaired) electrons. The third-order valence-electron chi connectivity index (χ3n) is 3.92. The van der Waals surface area contributed by atoms with Crippen molar-refractivity contribution in [3.8, 4) is 11.3 Å². The van der Waals surface area contributed by atoms with Crippen molar-refractivity contribution >= 4 is 0 Å². The number of H-pyrrole nitrogens is 1. The molecule has 1 aromatic heterocycles. The fourth-order valence-corrected chi connectivity index (χ4v) is 2.76. The summed E-state index contributed by atoms with van der Waals surface area (Å²) in [4.78, 5) is 8.06. The molecule has 0 bridgehead atoms. The molecule has 2 heterocycles. The van der Waals surface area contributed by atoms with E-state index in [1.807, 2.05) is 6.20 Å². The number of nitrogens with one attached hydrogen (secondary N) is 2. The number of piperidine rings is 1. The fraction of sp³-hybridized carbons (Fsp3) is 0.438. The Balaban J connectivity index is 1.89. The molecule has 3 nitrogen and oxygen atoms in total. The lowest BCUT2D eigenvalue weighted by Gasteiger charge is -2.21. The standard InChI is InChI=1S/C16H21N3/c1-11-6-7-12(2)13(9-11)15-10-18-16(19-15)14-5-3-4-8-17-14/h6-7,9-10,14,17H,3-5,8H2,1-2H3,(H,18,19). The molecular formula is C16H21N3. The molecule has 1 fully saturated rings. The molecule has 0 amide bonds. The van der Waals surface area contributed by atoms with Crippen molar-refractivity contribution in [3.05, 3.63) is 41.3 Å². The maximum absolute atomic E-state index is 4.57. The van der Waals surface area contributed by atoms with Crippen LogP contribution >= 0.6 is 0 Å². The van der Waals surface area contributed by atoms with E-state index < -0.39 is 0 Å². The van der Waals surface area contributed by atoms with E-state index in [0.717, 1.165) is 18.1 Å². The zero-order valence-corrected chi connectivity index (χ0v) is 11.7. The van der Waals surface area contributed by atoms with E-state index in [1.165, 1.54) is 36.0 Å². The zero-order chi connectivity index (χ0) is 13.2. The minimum atomic E-state index is 0.396. The topological polar surface area (TPSA) is 40.7 Å². The van der Waals surface area contributed by atoms with Gasteiger partial charge in [-0.2, -0.15) is 0 Å². The summed E-state index contributed by atoms with van der Waals surface area (Å²) in [5.41, 5.74) is 4.96. The average Bonchev–Trinajstić information content (AvgIpc) is 2.92. The normalized spacial score (nSPS) is 19.6. The summed E-state index contributed by atoms with van der Waals surface area (Å²) in [6.45, 7) is 5.38. The molecule has 0 aliphatic carbocycles. The number of benzene rings is 1. The van der Waals surface area contributed by atoms with Gasteiger partial charge in [-0.05, 0) is 44.9 Å². The molecule has 2 aromatic rings. The summed E-state index contributed by atoms with van der Waals surface area (Å²) in [5, 5.41) is 3.53. The van der Waals surface area contributed by atoms with Crippen LogP contribution in [-0.4, -0.2) is 16.5 Å². The molecule has 1 saturated heterocycles. The molecule has 1 unspecified atom stereocenters. The molecule has 19 heavy (non-hydrogen) atoms. The molecule has 100 valence electrons. The Bertz CT molecular complexity index is 565. The lowest BCUT2D eigenvalue weighted by atomic mass is 10.0. The number of aromatic nitrogens is 2. The molecule has 1 aliphatic rings. The highest BCUT2D eigenvalue weighted by Crippen LogP contribution is 2.26. The first kappa shape index (κ1) is 12.4. The number of nitrogens with zero attached hydrogens (tertiary/aromatic N) is 1. The van der Waals surface area contributed by atoms with Crippen molar-refractivity contribution < 1.29 is 0 Å². The molecule has 1 aromatic carbocycles. The SMILES string of the molecule is Cc1ccc(C)c(-c2cnc(C3CCCCN3)[nH]2)c1. The number of aryl methyl sites for hydroxylation is 2. The van der Waals surface area contributed by atoms with E-state index in [9.17, 15) is 0 Å². The predicted molar refractivity (Wildman–Crippen MR) is 78.1 cm³/mol. The molecule has 0 saturated carbocycles. The smallest absolute Gasteiger partial charge is 0.123 e. The number of imidazole rings is 1. The van der Waals surface area contributed by atoms with Crippen LogP contribution in [0.2, 0.25) is 0 Å². The second-order valence-electron chi connectivity index (χ2n) is 5.50. The first-order valence-electron chi connectivity index (χ1n) is 7.10. The third kappa shape index (κ3) is 2.56. The fourth-order valence-electron chi connectivity index (χ4n) is 2.76. The highest BCUT2D eigenvalue weighted by molar-refractivity contribution is 5.63. The first-order chi connectivity index (χ1) is 9.24. The van der Waals surface area contributed by atoms with Crippen molar-refractivity contribution in [3.63, 3.8) is 0 Å². The molecule has 1 aliphatic heterocycles. The van der Waals surface area contributed by atoms with Crippen LogP contribution in [0.4, 0.5) is 0 Å². The second-order valence-corrected chi connectivity index (χ2v) is 5.50. The van der Waals surface area contributed by atoms with E-state index in [0.29, 0.717) is 6.04 Å². The zero-order valence-electron chi connectivity index (χ0n) is 11.7. The summed E-state index contributed by atoms with van der Waals surface area (Å²) in [7, 11) is 0. The van der Waals surface area contributed by atoms with Gasteiger partial charge in [-0.3, -0.25) is 0 Å². The molecule has 0 spiro atoms. The number of rotatable bonds is 2. The van der Waals surface area contributed by atoms with Crippen molar-refractivity contribution in [2.45, 2.75) is 39.2 Å². The van der Waals surface area contributed by atoms with Crippen molar-refractivity contribution in [1.29, 1.82) is 0 Å². The van der Waals surface area contributed by atoms with Gasteiger partial charge < -0.3 is 10.3 Å². The summed E-state index contributed by atoms with van der Waals surface area (Å²) in [6.07, 6.45) is 5.71. The number of hydrogen-bond donors (Lipinski definition) is 2. The van der Waals surface area contributed by atoms with Gasteiger partial charge in [0.25, 0.3) is 0 Å². The Labute approximate surface area is 114 Å². The molecule has 3 rings (SSSR count). The molecular weight excluding hydrogens is 234 g/mol. The maximum atomic E-state index is 4.57. The van der Waals surface area contributed by atoms with Crippen LogP contribution in [0, 0.1) is 13.8 Å². The van der Waals surface area contributed by atoms with E-state index in [2.05, 4.69) is 47.3 Å². The number of aromatic amines is 1. The maximum Gasteiger partial charge on any atom is 0.123 e.